The second kappa shape index (κ2) is 2.25. The van der Waals surface area contributed by atoms with Gasteiger partial charge in [0.05, 0.1) is 18.2 Å². The second-order valence-electron chi connectivity index (χ2n) is 2.63. The molecule has 3 heteroatoms. The molecule has 3 N–H and O–H groups in total. The van der Waals surface area contributed by atoms with Crippen molar-refractivity contribution in [3.63, 3.8) is 0 Å². The minimum absolute atomic E-state index is 0.0208. The Hall–Kier alpha value is -0.120. The van der Waals surface area contributed by atoms with E-state index in [0.29, 0.717) is 0 Å². The Morgan fingerprint density at radius 2 is 2.22 bits per heavy atom. The zero-order valence-electron chi connectivity index (χ0n) is 5.59. The predicted molar refractivity (Wildman–Crippen MR) is 34.1 cm³/mol. The number of aliphatic hydroxyl groups excluding tert-OH is 1. The smallest absolute Gasteiger partial charge is 0.0824 e. The van der Waals surface area contributed by atoms with Gasteiger partial charge in [0.2, 0.25) is 0 Å². The van der Waals surface area contributed by atoms with Crippen molar-refractivity contribution in [1.29, 1.82) is 0 Å². The van der Waals surface area contributed by atoms with Crippen molar-refractivity contribution in [3.8, 4) is 0 Å². The first-order chi connectivity index (χ1) is 4.23. The van der Waals surface area contributed by atoms with Crippen molar-refractivity contribution in [3.05, 3.63) is 0 Å². The first kappa shape index (κ1) is 6.99. The van der Waals surface area contributed by atoms with E-state index in [1.807, 2.05) is 0 Å². The minimum Gasteiger partial charge on any atom is -0.395 e. The average molecular weight is 131 g/mol. The monoisotopic (exact) mass is 131 g/mol. The Labute approximate surface area is 54.7 Å². The van der Waals surface area contributed by atoms with Gasteiger partial charge in [-0.3, -0.25) is 0 Å². The van der Waals surface area contributed by atoms with Crippen LogP contribution in [-0.4, -0.2) is 35.5 Å². The zero-order valence-corrected chi connectivity index (χ0v) is 5.59. The lowest BCUT2D eigenvalue weighted by atomic mass is 10.1. The molecule has 0 aromatic heterocycles. The van der Waals surface area contributed by atoms with Crippen LogP contribution >= 0.6 is 0 Å². The molecular formula is C6H13NO2. The van der Waals surface area contributed by atoms with Gasteiger partial charge in [-0.1, -0.05) is 0 Å². The maximum atomic E-state index is 9.37. The summed E-state index contributed by atoms with van der Waals surface area (Å²) in [5.41, 5.74) is -0.594. The number of hydrogen-bond donors (Lipinski definition) is 3. The van der Waals surface area contributed by atoms with Gasteiger partial charge < -0.3 is 15.5 Å². The summed E-state index contributed by atoms with van der Waals surface area (Å²) in [6.45, 7) is 0.0208. The summed E-state index contributed by atoms with van der Waals surface area (Å²) in [6, 6.07) is -0.127. The topological polar surface area (TPSA) is 52.5 Å². The SMILES string of the molecule is CN[C@H](CO)C1(O)CC1. The average Bonchev–Trinajstić information content (AvgIpc) is 2.52. The van der Waals surface area contributed by atoms with Gasteiger partial charge in [0.25, 0.3) is 0 Å². The Morgan fingerprint density at radius 1 is 1.67 bits per heavy atom. The molecule has 1 atom stereocenters. The quantitative estimate of drug-likeness (QED) is 0.465. The highest BCUT2D eigenvalue weighted by Crippen LogP contribution is 2.37. The van der Waals surface area contributed by atoms with E-state index >= 15 is 0 Å². The molecule has 0 radical (unpaired) electrons. The lowest BCUT2D eigenvalue weighted by Crippen LogP contribution is -2.42. The van der Waals surface area contributed by atoms with Crippen LogP contribution in [0.3, 0.4) is 0 Å². The Bertz CT molecular complexity index is 97.2. The molecule has 3 nitrogen and oxygen atoms in total. The fourth-order valence-corrected chi connectivity index (χ4v) is 1.01. The van der Waals surface area contributed by atoms with Crippen molar-refractivity contribution in [2.75, 3.05) is 13.7 Å². The number of nitrogens with one attached hydrogen (secondary N) is 1. The molecule has 0 aliphatic heterocycles. The van der Waals surface area contributed by atoms with Crippen LogP contribution in [0.4, 0.5) is 0 Å². The normalized spacial score (nSPS) is 25.7. The molecule has 0 heterocycles. The van der Waals surface area contributed by atoms with E-state index < -0.39 is 5.60 Å². The molecule has 9 heavy (non-hydrogen) atoms. The Morgan fingerprint density at radius 3 is 2.33 bits per heavy atom. The summed E-state index contributed by atoms with van der Waals surface area (Å²) >= 11 is 0. The molecule has 0 bridgehead atoms. The fourth-order valence-electron chi connectivity index (χ4n) is 1.01. The molecule has 1 aliphatic rings. The zero-order chi connectivity index (χ0) is 6.91. The molecule has 54 valence electrons. The molecule has 0 spiro atoms. The molecule has 0 aromatic rings. The number of aliphatic hydroxyl groups is 2. The van der Waals surface area contributed by atoms with Crippen LogP contribution in [0.2, 0.25) is 0 Å². The molecule has 0 unspecified atom stereocenters. The van der Waals surface area contributed by atoms with Crippen LogP contribution in [0.1, 0.15) is 12.8 Å². The molecule has 1 saturated carbocycles. The maximum absolute atomic E-state index is 9.37. The van der Waals surface area contributed by atoms with Gasteiger partial charge in [-0.2, -0.15) is 0 Å². The first-order valence-corrected chi connectivity index (χ1v) is 3.23. The van der Waals surface area contributed by atoms with Gasteiger partial charge >= 0.3 is 0 Å². The van der Waals surface area contributed by atoms with Gasteiger partial charge in [0, 0.05) is 0 Å². The van der Waals surface area contributed by atoms with Gasteiger partial charge in [-0.05, 0) is 19.9 Å². The Kier molecular flexibility index (Phi) is 1.75. The van der Waals surface area contributed by atoms with Crippen LogP contribution in [0.5, 0.6) is 0 Å². The van der Waals surface area contributed by atoms with Crippen LogP contribution in [0.25, 0.3) is 0 Å². The standard InChI is InChI=1S/C6H13NO2/c1-7-5(4-8)6(9)2-3-6/h5,7-9H,2-4H2,1H3/t5-/m1/s1. The van der Waals surface area contributed by atoms with E-state index in [0.717, 1.165) is 12.8 Å². The van der Waals surface area contributed by atoms with Gasteiger partial charge in [0.1, 0.15) is 0 Å². The molecular weight excluding hydrogens is 118 g/mol. The van der Waals surface area contributed by atoms with Crippen molar-refractivity contribution in [1.82, 2.24) is 5.32 Å². The lowest BCUT2D eigenvalue weighted by Gasteiger charge is -2.18. The van der Waals surface area contributed by atoms with Crippen molar-refractivity contribution in [2.24, 2.45) is 0 Å². The van der Waals surface area contributed by atoms with E-state index in [1.165, 1.54) is 0 Å². The molecule has 0 amide bonds. The maximum Gasteiger partial charge on any atom is 0.0824 e. The van der Waals surface area contributed by atoms with E-state index in [-0.39, 0.29) is 12.6 Å². The van der Waals surface area contributed by atoms with E-state index in [1.54, 1.807) is 7.05 Å². The third kappa shape index (κ3) is 1.23. The summed E-state index contributed by atoms with van der Waals surface area (Å²) in [5, 5.41) is 20.9. The van der Waals surface area contributed by atoms with Gasteiger partial charge in [0.15, 0.2) is 0 Å². The highest BCUT2D eigenvalue weighted by Gasteiger charge is 2.46. The molecule has 1 fully saturated rings. The Balaban J connectivity index is 2.37. The van der Waals surface area contributed by atoms with Crippen LogP contribution in [0.15, 0.2) is 0 Å². The summed E-state index contributed by atoms with van der Waals surface area (Å²) in [4.78, 5) is 0. The van der Waals surface area contributed by atoms with Crippen LogP contribution in [-0.2, 0) is 0 Å². The summed E-state index contributed by atoms with van der Waals surface area (Å²) in [7, 11) is 1.75. The highest BCUT2D eigenvalue weighted by molar-refractivity contribution is 5.02. The minimum atomic E-state index is -0.594. The van der Waals surface area contributed by atoms with Crippen molar-refractivity contribution >= 4 is 0 Å². The molecule has 1 rings (SSSR count). The van der Waals surface area contributed by atoms with E-state index in [9.17, 15) is 5.11 Å². The summed E-state index contributed by atoms with van der Waals surface area (Å²) in [5.74, 6) is 0. The molecule has 1 aliphatic carbocycles. The number of hydrogen-bond acceptors (Lipinski definition) is 3. The number of rotatable bonds is 3. The fraction of sp³-hybridized carbons (Fsp3) is 1.00. The summed E-state index contributed by atoms with van der Waals surface area (Å²) < 4.78 is 0. The van der Waals surface area contributed by atoms with E-state index in [2.05, 4.69) is 5.32 Å². The largest absolute Gasteiger partial charge is 0.395 e. The van der Waals surface area contributed by atoms with Crippen LogP contribution in [0, 0.1) is 0 Å². The number of likely N-dealkylation sites (N-methyl/N-ethyl adjacent to an activating group) is 1. The second-order valence-corrected chi connectivity index (χ2v) is 2.63. The molecule has 0 aromatic carbocycles. The third-order valence-electron chi connectivity index (χ3n) is 1.94. The van der Waals surface area contributed by atoms with Crippen molar-refractivity contribution in [2.45, 2.75) is 24.5 Å². The lowest BCUT2D eigenvalue weighted by molar-refractivity contribution is 0.0731. The van der Waals surface area contributed by atoms with Gasteiger partial charge in [-0.25, -0.2) is 0 Å². The van der Waals surface area contributed by atoms with Crippen LogP contribution < -0.4 is 5.32 Å². The molecule has 0 saturated heterocycles. The predicted octanol–water partition coefficient (Wildman–Crippen LogP) is -0.908. The summed E-state index contributed by atoms with van der Waals surface area (Å²) in [6.07, 6.45) is 1.64. The van der Waals surface area contributed by atoms with Gasteiger partial charge in [-0.15, -0.1) is 0 Å². The highest BCUT2D eigenvalue weighted by atomic mass is 16.3. The third-order valence-corrected chi connectivity index (χ3v) is 1.94. The van der Waals surface area contributed by atoms with E-state index in [4.69, 9.17) is 5.11 Å². The first-order valence-electron chi connectivity index (χ1n) is 3.23. The van der Waals surface area contributed by atoms with Crippen molar-refractivity contribution < 1.29 is 10.2 Å².